The summed E-state index contributed by atoms with van der Waals surface area (Å²) in [7, 11) is 1.43. The van der Waals surface area contributed by atoms with Gasteiger partial charge in [-0.1, -0.05) is 6.08 Å². The van der Waals surface area contributed by atoms with Crippen LogP contribution in [0.2, 0.25) is 0 Å². The van der Waals surface area contributed by atoms with Crippen molar-refractivity contribution in [3.05, 3.63) is 78.0 Å². The van der Waals surface area contributed by atoms with Crippen molar-refractivity contribution in [2.24, 2.45) is 7.05 Å². The highest BCUT2D eigenvalue weighted by molar-refractivity contribution is 5.64. The van der Waals surface area contributed by atoms with Crippen molar-refractivity contribution in [2.45, 2.75) is 18.9 Å². The van der Waals surface area contributed by atoms with Gasteiger partial charge in [-0.3, -0.25) is 9.67 Å². The van der Waals surface area contributed by atoms with Crippen LogP contribution < -0.4 is 5.32 Å². The number of aromatic nitrogens is 3. The quantitative estimate of drug-likeness (QED) is 0.433. The van der Waals surface area contributed by atoms with E-state index >= 15 is 0 Å². The first-order valence-corrected chi connectivity index (χ1v) is 8.58. The first-order chi connectivity index (χ1) is 13.7. The van der Waals surface area contributed by atoms with Crippen LogP contribution in [0.1, 0.15) is 17.7 Å². The lowest BCUT2D eigenvalue weighted by Crippen LogP contribution is -2.13. The van der Waals surface area contributed by atoms with Crippen LogP contribution in [0.4, 0.5) is 27.6 Å². The molecule has 0 aliphatic rings. The molecular weight excluding hydrogens is 391 g/mol. The summed E-state index contributed by atoms with van der Waals surface area (Å²) >= 11 is 0. The Morgan fingerprint density at radius 1 is 1.10 bits per heavy atom. The van der Waals surface area contributed by atoms with Crippen molar-refractivity contribution in [2.75, 3.05) is 5.32 Å². The zero-order chi connectivity index (χ0) is 21.2. The fraction of sp³-hybridized carbons (Fsp3) is 0.200. The molecule has 152 valence electrons. The first kappa shape index (κ1) is 20.5. The molecule has 0 aliphatic heterocycles. The van der Waals surface area contributed by atoms with Gasteiger partial charge in [0.05, 0.1) is 18.1 Å². The average Bonchev–Trinajstić information content (AvgIpc) is 3.04. The number of nitrogens with one attached hydrogen (secondary N) is 1. The fourth-order valence-corrected chi connectivity index (χ4v) is 2.81. The van der Waals surface area contributed by atoms with E-state index in [0.717, 1.165) is 30.6 Å². The molecule has 2 aromatic heterocycles. The predicted molar refractivity (Wildman–Crippen MR) is 98.8 cm³/mol. The Kier molecular flexibility index (Phi) is 5.67. The molecule has 0 unspecified atom stereocenters. The van der Waals surface area contributed by atoms with Gasteiger partial charge >= 0.3 is 0 Å². The Morgan fingerprint density at radius 3 is 2.41 bits per heavy atom. The van der Waals surface area contributed by atoms with Crippen molar-refractivity contribution < 1.29 is 22.0 Å². The van der Waals surface area contributed by atoms with E-state index in [4.69, 9.17) is 0 Å². The van der Waals surface area contributed by atoms with Gasteiger partial charge in [-0.15, -0.1) is 6.58 Å². The van der Waals surface area contributed by atoms with Crippen LogP contribution in [0.25, 0.3) is 11.3 Å². The van der Waals surface area contributed by atoms with Crippen LogP contribution in [0, 0.1) is 17.5 Å². The number of pyridine rings is 1. The van der Waals surface area contributed by atoms with Crippen molar-refractivity contribution in [1.82, 2.24) is 14.8 Å². The van der Waals surface area contributed by atoms with E-state index < -0.39 is 35.5 Å². The highest BCUT2D eigenvalue weighted by atomic mass is 19.3. The fourth-order valence-electron chi connectivity index (χ4n) is 2.81. The van der Waals surface area contributed by atoms with E-state index in [-0.39, 0.29) is 29.1 Å². The van der Waals surface area contributed by atoms with Gasteiger partial charge in [0, 0.05) is 36.8 Å². The van der Waals surface area contributed by atoms with Gasteiger partial charge in [0.2, 0.25) is 0 Å². The molecule has 0 radical (unpaired) electrons. The Hall–Kier alpha value is -3.23. The van der Waals surface area contributed by atoms with Crippen LogP contribution in [-0.4, -0.2) is 14.8 Å². The van der Waals surface area contributed by atoms with Gasteiger partial charge in [-0.05, 0) is 24.3 Å². The Labute approximate surface area is 163 Å². The van der Waals surface area contributed by atoms with Gasteiger partial charge in [0.25, 0.3) is 5.92 Å². The number of hydrogen-bond donors (Lipinski definition) is 1. The SMILES string of the molecule is C=CCC(F)(F)c1cc(-c2ccc(NCc3c(F)cncc3F)cc2F)n(C)n1. The minimum Gasteiger partial charge on any atom is -0.381 e. The largest absolute Gasteiger partial charge is 0.381 e. The molecule has 0 fully saturated rings. The second-order valence-corrected chi connectivity index (χ2v) is 6.37. The lowest BCUT2D eigenvalue weighted by molar-refractivity contribution is -0.00591. The number of benzene rings is 1. The molecule has 1 N–H and O–H groups in total. The van der Waals surface area contributed by atoms with Crippen LogP contribution in [0.5, 0.6) is 0 Å². The van der Waals surface area contributed by atoms with Crippen molar-refractivity contribution >= 4 is 5.69 Å². The van der Waals surface area contributed by atoms with E-state index in [9.17, 15) is 22.0 Å². The van der Waals surface area contributed by atoms with Crippen molar-refractivity contribution in [3.63, 3.8) is 0 Å². The first-order valence-electron chi connectivity index (χ1n) is 8.58. The number of allylic oxidation sites excluding steroid dienone is 1. The number of anilines is 1. The molecule has 9 heteroatoms. The monoisotopic (exact) mass is 408 g/mol. The smallest absolute Gasteiger partial charge is 0.294 e. The molecule has 0 saturated heterocycles. The Morgan fingerprint density at radius 2 is 1.79 bits per heavy atom. The molecule has 0 amide bonds. The lowest BCUT2D eigenvalue weighted by atomic mass is 10.1. The third-order valence-corrected chi connectivity index (χ3v) is 4.32. The maximum absolute atomic E-state index is 14.6. The molecular formula is C20H17F5N4. The molecule has 3 aromatic rings. The topological polar surface area (TPSA) is 42.7 Å². The molecule has 4 nitrogen and oxygen atoms in total. The molecule has 0 spiro atoms. The van der Waals surface area contributed by atoms with Crippen molar-refractivity contribution in [3.8, 4) is 11.3 Å². The number of rotatable bonds is 7. The summed E-state index contributed by atoms with van der Waals surface area (Å²) in [5.74, 6) is -5.56. The van der Waals surface area contributed by atoms with Gasteiger partial charge < -0.3 is 5.32 Å². The van der Waals surface area contributed by atoms with E-state index in [0.29, 0.717) is 0 Å². The summed E-state index contributed by atoms with van der Waals surface area (Å²) in [6.07, 6.45) is 2.26. The van der Waals surface area contributed by atoms with E-state index in [1.54, 1.807) is 0 Å². The molecule has 0 aliphatic carbocycles. The summed E-state index contributed by atoms with van der Waals surface area (Å²) in [6.45, 7) is 3.08. The average molecular weight is 408 g/mol. The van der Waals surface area contributed by atoms with Gasteiger partial charge in [0.1, 0.15) is 23.1 Å². The number of aryl methyl sites for hydroxylation is 1. The third kappa shape index (κ3) is 4.28. The minimum atomic E-state index is -3.21. The second kappa shape index (κ2) is 8.02. The number of alkyl halides is 2. The van der Waals surface area contributed by atoms with E-state index in [2.05, 4.69) is 22.0 Å². The van der Waals surface area contributed by atoms with Crippen LogP contribution >= 0.6 is 0 Å². The van der Waals surface area contributed by atoms with Crippen molar-refractivity contribution in [1.29, 1.82) is 0 Å². The summed E-state index contributed by atoms with van der Waals surface area (Å²) in [5.41, 5.74) is -0.224. The molecule has 0 bridgehead atoms. The van der Waals surface area contributed by atoms with Crippen LogP contribution in [0.3, 0.4) is 0 Å². The van der Waals surface area contributed by atoms with Gasteiger partial charge in [-0.25, -0.2) is 13.2 Å². The summed E-state index contributed by atoms with van der Waals surface area (Å²) < 4.78 is 71.1. The summed E-state index contributed by atoms with van der Waals surface area (Å²) in [4.78, 5) is 3.39. The van der Waals surface area contributed by atoms with E-state index in [1.165, 1.54) is 23.9 Å². The minimum absolute atomic E-state index is 0.0625. The van der Waals surface area contributed by atoms with Crippen LogP contribution in [0.15, 0.2) is 49.3 Å². The third-order valence-electron chi connectivity index (χ3n) is 4.32. The standard InChI is InChI=1S/C20H17F5N4/c1-3-6-20(24,25)19-8-18(29(2)28-19)13-5-4-12(7-15(13)21)27-9-14-16(22)10-26-11-17(14)23/h3-5,7-8,10-11,27H,1,6,9H2,2H3. The molecule has 3 rings (SSSR count). The normalized spacial score (nSPS) is 11.5. The molecule has 29 heavy (non-hydrogen) atoms. The second-order valence-electron chi connectivity index (χ2n) is 6.37. The number of halogens is 5. The van der Waals surface area contributed by atoms with E-state index in [1.807, 2.05) is 0 Å². The number of hydrogen-bond acceptors (Lipinski definition) is 3. The maximum Gasteiger partial charge on any atom is 0.294 e. The molecule has 2 heterocycles. The molecule has 0 saturated carbocycles. The molecule has 1 aromatic carbocycles. The summed E-state index contributed by atoms with van der Waals surface area (Å²) in [5, 5.41) is 6.51. The molecule has 0 atom stereocenters. The van der Waals surface area contributed by atoms with Gasteiger partial charge in [0.15, 0.2) is 0 Å². The highest BCUT2D eigenvalue weighted by Crippen LogP contribution is 2.34. The zero-order valence-electron chi connectivity index (χ0n) is 15.4. The predicted octanol–water partition coefficient (Wildman–Crippen LogP) is 5.18. The van der Waals surface area contributed by atoms with Crippen LogP contribution in [-0.2, 0) is 19.5 Å². The highest BCUT2D eigenvalue weighted by Gasteiger charge is 2.34. The Balaban J connectivity index is 1.83. The van der Waals surface area contributed by atoms with Gasteiger partial charge in [-0.2, -0.15) is 13.9 Å². The lowest BCUT2D eigenvalue weighted by Gasteiger charge is -2.10. The number of nitrogens with zero attached hydrogens (tertiary/aromatic N) is 3. The maximum atomic E-state index is 14.6. The Bertz CT molecular complexity index is 1030. The zero-order valence-corrected chi connectivity index (χ0v) is 15.4. The summed E-state index contributed by atoms with van der Waals surface area (Å²) in [6, 6.07) is 5.09.